The third-order valence-corrected chi connectivity index (χ3v) is 6.04. The second-order valence-electron chi connectivity index (χ2n) is 8.01. The summed E-state index contributed by atoms with van der Waals surface area (Å²) >= 11 is 0. The molecule has 32 heavy (non-hydrogen) atoms. The number of fused-ring (bicyclic) bond motifs is 2. The highest BCUT2D eigenvalue weighted by Gasteiger charge is 2.27. The van der Waals surface area contributed by atoms with E-state index in [-0.39, 0.29) is 30.7 Å². The first-order chi connectivity index (χ1) is 14.7. The molecule has 2 aliphatic rings. The number of carbonyl (C=O) groups excluding carboxylic acids is 1. The minimum absolute atomic E-state index is 0. The van der Waals surface area contributed by atoms with Crippen molar-refractivity contribution in [1.82, 2.24) is 15.6 Å². The molecule has 5 rings (SSSR count). The van der Waals surface area contributed by atoms with E-state index in [9.17, 15) is 4.79 Å². The van der Waals surface area contributed by atoms with Crippen molar-refractivity contribution in [2.45, 2.75) is 12.8 Å². The van der Waals surface area contributed by atoms with E-state index in [4.69, 9.17) is 9.72 Å². The van der Waals surface area contributed by atoms with Crippen LogP contribution in [0.2, 0.25) is 0 Å². The molecule has 0 spiro atoms. The molecule has 0 unspecified atom stereocenters. The number of carbonyl (C=O) groups is 1. The third kappa shape index (κ3) is 4.60. The standard InChI is InChI=1S/C25H25N3O2.2ClH/c1-30-19-9-6-16(7-10-19)12-18-8-11-21-23(25(29)27-15-17-13-26-14-17)20-4-2-3-5-22(20)28-24(18)21;;/h2-7,9-10,12,17,26H,8,11,13-15H2,1H3,(H,27,29);2*1H/b18-12-;;. The molecule has 0 saturated carbocycles. The van der Waals surface area contributed by atoms with Gasteiger partial charge in [-0.1, -0.05) is 30.3 Å². The van der Waals surface area contributed by atoms with Crippen LogP contribution in [0.1, 0.15) is 33.6 Å². The molecule has 7 heteroatoms. The van der Waals surface area contributed by atoms with Crippen LogP contribution >= 0.6 is 24.8 Å². The van der Waals surface area contributed by atoms with Crippen LogP contribution in [0.15, 0.2) is 48.5 Å². The highest BCUT2D eigenvalue weighted by molar-refractivity contribution is 6.09. The van der Waals surface area contributed by atoms with Crippen LogP contribution < -0.4 is 15.4 Å². The van der Waals surface area contributed by atoms with Gasteiger partial charge in [-0.2, -0.15) is 0 Å². The monoisotopic (exact) mass is 471 g/mol. The lowest BCUT2D eigenvalue weighted by atomic mass is 9.99. The predicted molar refractivity (Wildman–Crippen MR) is 134 cm³/mol. The van der Waals surface area contributed by atoms with Crippen LogP contribution in [0.5, 0.6) is 5.75 Å². The first kappa shape index (κ1) is 24.1. The summed E-state index contributed by atoms with van der Waals surface area (Å²) < 4.78 is 5.26. The molecule has 3 aromatic rings. The molecule has 168 valence electrons. The molecule has 1 aromatic heterocycles. The number of rotatable bonds is 5. The summed E-state index contributed by atoms with van der Waals surface area (Å²) in [5.41, 5.74) is 5.98. The van der Waals surface area contributed by atoms with Crippen LogP contribution in [-0.2, 0) is 6.42 Å². The number of methoxy groups -OCH3 is 1. The Morgan fingerprint density at radius 3 is 2.56 bits per heavy atom. The topological polar surface area (TPSA) is 63.2 Å². The fraction of sp³-hybridized carbons (Fsp3) is 0.280. The van der Waals surface area contributed by atoms with E-state index in [2.05, 4.69) is 16.7 Å². The maximum Gasteiger partial charge on any atom is 0.252 e. The van der Waals surface area contributed by atoms with Gasteiger partial charge >= 0.3 is 0 Å². The van der Waals surface area contributed by atoms with Gasteiger partial charge in [0.2, 0.25) is 0 Å². The molecule has 0 bridgehead atoms. The van der Waals surface area contributed by atoms with E-state index in [0.29, 0.717) is 12.5 Å². The van der Waals surface area contributed by atoms with Crippen molar-refractivity contribution >= 4 is 53.3 Å². The van der Waals surface area contributed by atoms with Gasteiger partial charge in [-0.25, -0.2) is 4.98 Å². The van der Waals surface area contributed by atoms with E-state index in [1.807, 2.05) is 48.5 Å². The predicted octanol–water partition coefficient (Wildman–Crippen LogP) is 4.52. The fourth-order valence-electron chi connectivity index (χ4n) is 4.26. The molecule has 1 amide bonds. The summed E-state index contributed by atoms with van der Waals surface area (Å²) in [6.07, 6.45) is 3.90. The van der Waals surface area contributed by atoms with Crippen LogP contribution in [0, 0.1) is 5.92 Å². The first-order valence-electron chi connectivity index (χ1n) is 10.5. The van der Waals surface area contributed by atoms with E-state index in [0.717, 1.165) is 65.0 Å². The van der Waals surface area contributed by atoms with E-state index >= 15 is 0 Å². The minimum atomic E-state index is 0. The average molecular weight is 472 g/mol. The number of halogens is 2. The van der Waals surface area contributed by atoms with Gasteiger partial charge in [0.05, 0.1) is 23.9 Å². The van der Waals surface area contributed by atoms with Crippen LogP contribution in [0.3, 0.4) is 0 Å². The number of para-hydroxylation sites is 1. The van der Waals surface area contributed by atoms with Crippen molar-refractivity contribution in [2.24, 2.45) is 5.92 Å². The summed E-state index contributed by atoms with van der Waals surface area (Å²) in [6, 6.07) is 16.0. The summed E-state index contributed by atoms with van der Waals surface area (Å²) in [5, 5.41) is 7.35. The number of benzene rings is 2. The lowest BCUT2D eigenvalue weighted by Gasteiger charge is -2.27. The highest BCUT2D eigenvalue weighted by Crippen LogP contribution is 2.37. The maximum absolute atomic E-state index is 13.2. The molecule has 2 N–H and O–H groups in total. The molecule has 1 saturated heterocycles. The Kier molecular flexibility index (Phi) is 7.77. The summed E-state index contributed by atoms with van der Waals surface area (Å²) in [7, 11) is 1.67. The number of hydrogen-bond acceptors (Lipinski definition) is 4. The number of aromatic nitrogens is 1. The fourth-order valence-corrected chi connectivity index (χ4v) is 4.26. The number of ether oxygens (including phenoxy) is 1. The van der Waals surface area contributed by atoms with Gasteiger partial charge in [0, 0.05) is 30.9 Å². The van der Waals surface area contributed by atoms with Gasteiger partial charge < -0.3 is 15.4 Å². The smallest absolute Gasteiger partial charge is 0.252 e. The molecule has 0 atom stereocenters. The molecular weight excluding hydrogens is 445 g/mol. The summed E-state index contributed by atoms with van der Waals surface area (Å²) in [4.78, 5) is 18.2. The van der Waals surface area contributed by atoms with Crippen molar-refractivity contribution < 1.29 is 9.53 Å². The molecule has 1 aliphatic carbocycles. The number of allylic oxidation sites excluding steroid dienone is 1. The van der Waals surface area contributed by atoms with Crippen LogP contribution in [0.4, 0.5) is 0 Å². The van der Waals surface area contributed by atoms with Gasteiger partial charge in [-0.3, -0.25) is 4.79 Å². The van der Waals surface area contributed by atoms with Gasteiger partial charge in [0.1, 0.15) is 5.75 Å². The zero-order chi connectivity index (χ0) is 20.5. The molecule has 2 aromatic carbocycles. The van der Waals surface area contributed by atoms with Crippen molar-refractivity contribution in [3.63, 3.8) is 0 Å². The van der Waals surface area contributed by atoms with Gasteiger partial charge in [0.15, 0.2) is 0 Å². The number of amides is 1. The number of pyridine rings is 1. The zero-order valence-electron chi connectivity index (χ0n) is 17.9. The Morgan fingerprint density at radius 1 is 1.12 bits per heavy atom. The minimum Gasteiger partial charge on any atom is -0.497 e. The second-order valence-corrected chi connectivity index (χ2v) is 8.01. The van der Waals surface area contributed by atoms with Crippen molar-refractivity contribution in [1.29, 1.82) is 0 Å². The lowest BCUT2D eigenvalue weighted by Crippen LogP contribution is -2.48. The Morgan fingerprint density at radius 2 is 1.88 bits per heavy atom. The van der Waals surface area contributed by atoms with Crippen molar-refractivity contribution in [3.05, 3.63) is 70.9 Å². The Hall–Kier alpha value is -2.60. The average Bonchev–Trinajstić information content (AvgIpc) is 3.13. The van der Waals surface area contributed by atoms with Crippen LogP contribution in [0.25, 0.3) is 22.6 Å². The molecule has 1 aliphatic heterocycles. The third-order valence-electron chi connectivity index (χ3n) is 6.04. The van der Waals surface area contributed by atoms with Gasteiger partial charge in [-0.05, 0) is 53.8 Å². The van der Waals surface area contributed by atoms with Crippen molar-refractivity contribution in [2.75, 3.05) is 26.7 Å². The van der Waals surface area contributed by atoms with Gasteiger partial charge in [0.25, 0.3) is 5.91 Å². The number of nitrogens with one attached hydrogen (secondary N) is 2. The largest absolute Gasteiger partial charge is 0.497 e. The van der Waals surface area contributed by atoms with Gasteiger partial charge in [-0.15, -0.1) is 24.8 Å². The SMILES string of the molecule is COc1ccc(/C=C2/CCc3c2nc2ccccc2c3C(=O)NCC2CNC2)cc1.Cl.Cl. The molecule has 2 heterocycles. The molecule has 0 radical (unpaired) electrons. The quantitative estimate of drug-likeness (QED) is 0.573. The van der Waals surface area contributed by atoms with Crippen LogP contribution in [-0.4, -0.2) is 37.6 Å². The number of hydrogen-bond donors (Lipinski definition) is 2. The van der Waals surface area contributed by atoms with E-state index < -0.39 is 0 Å². The number of nitrogens with zero attached hydrogens (tertiary/aromatic N) is 1. The lowest BCUT2D eigenvalue weighted by molar-refractivity contribution is 0.0943. The van der Waals surface area contributed by atoms with Crippen molar-refractivity contribution in [3.8, 4) is 5.75 Å². The van der Waals surface area contributed by atoms with E-state index in [1.165, 1.54) is 5.57 Å². The Balaban J connectivity index is 0.00000144. The zero-order valence-corrected chi connectivity index (χ0v) is 19.5. The first-order valence-corrected chi connectivity index (χ1v) is 10.5. The molecule has 1 fully saturated rings. The second kappa shape index (κ2) is 10.3. The maximum atomic E-state index is 13.2. The van der Waals surface area contributed by atoms with E-state index in [1.54, 1.807) is 7.11 Å². The molecule has 5 nitrogen and oxygen atoms in total. The highest BCUT2D eigenvalue weighted by atomic mass is 35.5. The summed E-state index contributed by atoms with van der Waals surface area (Å²) in [6.45, 7) is 2.67. The molecular formula is C25H27Cl2N3O2. The summed E-state index contributed by atoms with van der Waals surface area (Å²) in [5.74, 6) is 1.39. The Labute approximate surface area is 200 Å². The normalized spacial score (nSPS) is 16.0. The Bertz CT molecular complexity index is 1140.